The van der Waals surface area contributed by atoms with Crippen LogP contribution >= 0.6 is 0 Å². The molecule has 0 aromatic rings. The minimum atomic E-state index is -0.218. The Kier molecular flexibility index (Phi) is 4.02. The zero-order valence-electron chi connectivity index (χ0n) is 8.28. The molecule has 1 aliphatic heterocycles. The highest BCUT2D eigenvalue weighted by Gasteiger charge is 2.23. The van der Waals surface area contributed by atoms with Gasteiger partial charge < -0.3 is 14.4 Å². The second-order valence-electron chi connectivity index (χ2n) is 3.05. The van der Waals surface area contributed by atoms with E-state index >= 15 is 0 Å². The molecule has 0 saturated carbocycles. The lowest BCUT2D eigenvalue weighted by Crippen LogP contribution is -2.45. The third-order valence-corrected chi connectivity index (χ3v) is 2.12. The van der Waals surface area contributed by atoms with Gasteiger partial charge in [-0.25, -0.2) is 4.79 Å². The van der Waals surface area contributed by atoms with Crippen LogP contribution in [0.4, 0.5) is 4.79 Å². The average molecular weight is 187 g/mol. The van der Waals surface area contributed by atoms with Crippen molar-refractivity contribution in [3.8, 4) is 0 Å². The predicted octanol–water partition coefficient (Wildman–Crippen LogP) is 1.25. The van der Waals surface area contributed by atoms with Crippen LogP contribution in [0.5, 0.6) is 0 Å². The second kappa shape index (κ2) is 5.07. The first-order valence-corrected chi connectivity index (χ1v) is 4.81. The summed E-state index contributed by atoms with van der Waals surface area (Å²) in [6, 6.07) is 0. The van der Waals surface area contributed by atoms with Crippen molar-refractivity contribution in [2.45, 2.75) is 26.4 Å². The van der Waals surface area contributed by atoms with Crippen LogP contribution in [-0.4, -0.2) is 43.4 Å². The maximum Gasteiger partial charge on any atom is 0.409 e. The van der Waals surface area contributed by atoms with Crippen molar-refractivity contribution in [3.05, 3.63) is 0 Å². The molecule has 1 heterocycles. The third kappa shape index (κ3) is 2.88. The van der Waals surface area contributed by atoms with Gasteiger partial charge in [-0.2, -0.15) is 0 Å². The van der Waals surface area contributed by atoms with Gasteiger partial charge in [0.2, 0.25) is 0 Å². The van der Waals surface area contributed by atoms with E-state index in [1.54, 1.807) is 4.90 Å². The maximum absolute atomic E-state index is 11.3. The van der Waals surface area contributed by atoms with Gasteiger partial charge in [-0.1, -0.05) is 6.92 Å². The zero-order chi connectivity index (χ0) is 9.68. The van der Waals surface area contributed by atoms with Crippen molar-refractivity contribution >= 4 is 6.09 Å². The monoisotopic (exact) mass is 187 g/mol. The Morgan fingerprint density at radius 3 is 3.00 bits per heavy atom. The summed E-state index contributed by atoms with van der Waals surface area (Å²) in [5.74, 6) is 0. The molecule has 1 aliphatic rings. The Labute approximate surface area is 78.8 Å². The Morgan fingerprint density at radius 1 is 1.62 bits per heavy atom. The molecule has 0 radical (unpaired) electrons. The van der Waals surface area contributed by atoms with E-state index in [9.17, 15) is 4.79 Å². The lowest BCUT2D eigenvalue weighted by Gasteiger charge is -2.31. The highest BCUT2D eigenvalue weighted by atomic mass is 16.6. The minimum Gasteiger partial charge on any atom is -0.450 e. The number of rotatable bonds is 2. The van der Waals surface area contributed by atoms with Gasteiger partial charge in [-0.05, 0) is 13.3 Å². The molecule has 0 aromatic heterocycles. The summed E-state index contributed by atoms with van der Waals surface area (Å²) in [4.78, 5) is 13.0. The van der Waals surface area contributed by atoms with Gasteiger partial charge in [0.1, 0.15) is 0 Å². The van der Waals surface area contributed by atoms with E-state index in [1.165, 1.54) is 0 Å². The highest BCUT2D eigenvalue weighted by molar-refractivity contribution is 5.67. The minimum absolute atomic E-state index is 0.179. The quantitative estimate of drug-likeness (QED) is 0.653. The van der Waals surface area contributed by atoms with Crippen LogP contribution in [0.2, 0.25) is 0 Å². The van der Waals surface area contributed by atoms with E-state index in [1.807, 2.05) is 6.92 Å². The van der Waals surface area contributed by atoms with Gasteiger partial charge in [0.15, 0.2) is 0 Å². The SMILES string of the molecule is CCOC(=O)N1CCO[C@H](CC)C1. The van der Waals surface area contributed by atoms with Gasteiger partial charge in [0.25, 0.3) is 0 Å². The fourth-order valence-electron chi connectivity index (χ4n) is 1.35. The molecule has 1 saturated heterocycles. The van der Waals surface area contributed by atoms with Crippen LogP contribution in [0.1, 0.15) is 20.3 Å². The van der Waals surface area contributed by atoms with Crippen molar-refractivity contribution in [1.29, 1.82) is 0 Å². The molecule has 1 amide bonds. The summed E-state index contributed by atoms with van der Waals surface area (Å²) in [7, 11) is 0. The van der Waals surface area contributed by atoms with Gasteiger partial charge >= 0.3 is 6.09 Å². The first-order valence-electron chi connectivity index (χ1n) is 4.81. The molecule has 0 aliphatic carbocycles. The number of carbonyl (C=O) groups is 1. The molecule has 13 heavy (non-hydrogen) atoms. The number of hydrogen-bond acceptors (Lipinski definition) is 3. The van der Waals surface area contributed by atoms with E-state index in [0.29, 0.717) is 26.3 Å². The standard InChI is InChI=1S/C9H17NO3/c1-3-8-7-10(5-6-13-8)9(11)12-4-2/h8H,3-7H2,1-2H3/t8-/m1/s1. The molecule has 76 valence electrons. The van der Waals surface area contributed by atoms with Crippen molar-refractivity contribution in [2.75, 3.05) is 26.3 Å². The predicted molar refractivity (Wildman–Crippen MR) is 48.6 cm³/mol. The second-order valence-corrected chi connectivity index (χ2v) is 3.05. The number of morpholine rings is 1. The summed E-state index contributed by atoms with van der Waals surface area (Å²) in [5.41, 5.74) is 0. The van der Waals surface area contributed by atoms with Crippen LogP contribution in [0, 0.1) is 0 Å². The normalized spacial score (nSPS) is 22.9. The topological polar surface area (TPSA) is 38.8 Å². The summed E-state index contributed by atoms with van der Waals surface area (Å²) < 4.78 is 10.3. The molecule has 4 nitrogen and oxygen atoms in total. The third-order valence-electron chi connectivity index (χ3n) is 2.12. The van der Waals surface area contributed by atoms with Crippen molar-refractivity contribution in [1.82, 2.24) is 4.90 Å². The first kappa shape index (κ1) is 10.3. The summed E-state index contributed by atoms with van der Waals surface area (Å²) in [6.07, 6.45) is 0.901. The van der Waals surface area contributed by atoms with Crippen LogP contribution < -0.4 is 0 Å². The molecule has 0 unspecified atom stereocenters. The Hall–Kier alpha value is -0.770. The van der Waals surface area contributed by atoms with Crippen LogP contribution in [-0.2, 0) is 9.47 Å². The van der Waals surface area contributed by atoms with Crippen LogP contribution in [0.25, 0.3) is 0 Å². The van der Waals surface area contributed by atoms with Crippen LogP contribution in [0.15, 0.2) is 0 Å². The van der Waals surface area contributed by atoms with Crippen molar-refractivity contribution in [2.24, 2.45) is 0 Å². The fraction of sp³-hybridized carbons (Fsp3) is 0.889. The Bertz CT molecular complexity index is 172. The lowest BCUT2D eigenvalue weighted by atomic mass is 10.2. The molecular weight excluding hydrogens is 170 g/mol. The van der Waals surface area contributed by atoms with E-state index < -0.39 is 0 Å². The van der Waals surface area contributed by atoms with Crippen LogP contribution in [0.3, 0.4) is 0 Å². The Morgan fingerprint density at radius 2 is 2.38 bits per heavy atom. The van der Waals surface area contributed by atoms with Gasteiger partial charge in [0.05, 0.1) is 25.9 Å². The molecule has 0 bridgehead atoms. The summed E-state index contributed by atoms with van der Waals surface area (Å²) in [6.45, 7) is 6.24. The molecular formula is C9H17NO3. The van der Waals surface area contributed by atoms with Crippen molar-refractivity contribution in [3.63, 3.8) is 0 Å². The fourth-order valence-corrected chi connectivity index (χ4v) is 1.35. The van der Waals surface area contributed by atoms with E-state index in [0.717, 1.165) is 6.42 Å². The lowest BCUT2D eigenvalue weighted by molar-refractivity contribution is -0.0276. The molecule has 0 N–H and O–H groups in total. The smallest absolute Gasteiger partial charge is 0.409 e. The summed E-state index contributed by atoms with van der Waals surface area (Å²) in [5, 5.41) is 0. The van der Waals surface area contributed by atoms with Gasteiger partial charge in [0, 0.05) is 6.54 Å². The largest absolute Gasteiger partial charge is 0.450 e. The average Bonchev–Trinajstić information content (AvgIpc) is 2.18. The zero-order valence-corrected chi connectivity index (χ0v) is 8.28. The van der Waals surface area contributed by atoms with Gasteiger partial charge in [-0.3, -0.25) is 0 Å². The molecule has 1 rings (SSSR count). The number of ether oxygens (including phenoxy) is 2. The summed E-state index contributed by atoms with van der Waals surface area (Å²) >= 11 is 0. The number of hydrogen-bond donors (Lipinski definition) is 0. The molecule has 4 heteroatoms. The van der Waals surface area contributed by atoms with E-state index in [2.05, 4.69) is 6.92 Å². The maximum atomic E-state index is 11.3. The molecule has 0 aromatic carbocycles. The number of carbonyl (C=O) groups excluding carboxylic acids is 1. The van der Waals surface area contributed by atoms with Crippen molar-refractivity contribution < 1.29 is 14.3 Å². The van der Waals surface area contributed by atoms with Gasteiger partial charge in [-0.15, -0.1) is 0 Å². The van der Waals surface area contributed by atoms with E-state index in [4.69, 9.17) is 9.47 Å². The first-order chi connectivity index (χ1) is 6.27. The molecule has 1 fully saturated rings. The molecule has 1 atom stereocenters. The highest BCUT2D eigenvalue weighted by Crippen LogP contribution is 2.08. The van der Waals surface area contributed by atoms with E-state index in [-0.39, 0.29) is 12.2 Å². The molecule has 0 spiro atoms. The number of amides is 1. The Balaban J connectivity index is 2.37. The number of nitrogens with zero attached hydrogens (tertiary/aromatic N) is 1.